The number of hydrogen-bond acceptors (Lipinski definition) is 5. The molecule has 40 heavy (non-hydrogen) atoms. The molecule has 0 aliphatic heterocycles. The number of nitrogens with two attached hydrogens (primary N) is 1. The van der Waals surface area contributed by atoms with Gasteiger partial charge in [0, 0.05) is 6.92 Å². The Morgan fingerprint density at radius 1 is 1.05 bits per heavy atom. The lowest BCUT2D eigenvalue weighted by molar-refractivity contribution is -0.151. The van der Waals surface area contributed by atoms with E-state index in [9.17, 15) is 15.3 Å². The first-order valence-electron chi connectivity index (χ1n) is 15.9. The fraction of sp³-hybridized carbons (Fsp3) is 0.743. The van der Waals surface area contributed by atoms with Crippen LogP contribution in [0.1, 0.15) is 140 Å². The van der Waals surface area contributed by atoms with Crippen LogP contribution in [0.25, 0.3) is 0 Å². The molecule has 1 aromatic rings. The number of carbonyl (C=O) groups excluding carboxylic acids is 1. The van der Waals surface area contributed by atoms with Crippen LogP contribution in [-0.4, -0.2) is 12.1 Å². The number of carbonyl (C=O) groups is 1. The molecule has 0 aromatic heterocycles. The molecule has 0 amide bonds. The molecule has 5 heteroatoms. The highest BCUT2D eigenvalue weighted by molar-refractivity contribution is 5.71. The van der Waals surface area contributed by atoms with Crippen LogP contribution < -0.4 is 5.73 Å². The lowest BCUT2D eigenvalue weighted by Crippen LogP contribution is -2.53. The molecular formula is C35H49N3O2. The normalized spacial score (nSPS) is 36.8. The topological polar surface area (TPSA) is 99.9 Å². The predicted octanol–water partition coefficient (Wildman–Crippen LogP) is 8.22. The van der Waals surface area contributed by atoms with Crippen LogP contribution in [0, 0.1) is 63.1 Å². The predicted molar refractivity (Wildman–Crippen MR) is 158 cm³/mol. The Balaban J connectivity index is 1.59. The number of nitriles is 2. The Morgan fingerprint density at radius 3 is 2.40 bits per heavy atom. The summed E-state index contributed by atoms with van der Waals surface area (Å²) in [4.78, 5) is 11.9. The van der Waals surface area contributed by atoms with Crippen LogP contribution in [0.3, 0.4) is 0 Å². The lowest BCUT2D eigenvalue weighted by atomic mass is 9.43. The van der Waals surface area contributed by atoms with Crippen molar-refractivity contribution in [2.45, 2.75) is 124 Å². The quantitative estimate of drug-likeness (QED) is 0.288. The van der Waals surface area contributed by atoms with Crippen molar-refractivity contribution in [3.05, 3.63) is 28.3 Å². The molecule has 0 heterocycles. The fourth-order valence-corrected chi connectivity index (χ4v) is 10.5. The van der Waals surface area contributed by atoms with Gasteiger partial charge >= 0.3 is 5.97 Å². The van der Waals surface area contributed by atoms with Crippen molar-refractivity contribution in [2.24, 2.45) is 40.4 Å². The van der Waals surface area contributed by atoms with E-state index in [1.165, 1.54) is 51.9 Å². The number of ether oxygens (including phenoxy) is 1. The van der Waals surface area contributed by atoms with Crippen molar-refractivity contribution < 1.29 is 9.53 Å². The number of anilines is 1. The average Bonchev–Trinajstić information content (AvgIpc) is 3.25. The molecule has 5 nitrogen and oxygen atoms in total. The number of benzene rings is 1. The molecule has 3 saturated carbocycles. The summed E-state index contributed by atoms with van der Waals surface area (Å²) in [6.07, 6.45) is 11.3. The van der Waals surface area contributed by atoms with Crippen LogP contribution >= 0.6 is 0 Å². The zero-order valence-corrected chi connectivity index (χ0v) is 25.6. The molecule has 4 aliphatic carbocycles. The lowest BCUT2D eigenvalue weighted by Gasteiger charge is -2.61. The van der Waals surface area contributed by atoms with E-state index in [0.29, 0.717) is 40.5 Å². The zero-order chi connectivity index (χ0) is 29.0. The second-order valence-electron chi connectivity index (χ2n) is 14.8. The summed E-state index contributed by atoms with van der Waals surface area (Å²) < 4.78 is 5.75. The highest BCUT2D eigenvalue weighted by Gasteiger charge is 2.63. The summed E-state index contributed by atoms with van der Waals surface area (Å²) in [6, 6.07) is 6.78. The highest BCUT2D eigenvalue weighted by Crippen LogP contribution is 2.72. The SMILES string of the molecule is CC(=O)O[C@H]1CC[C@@]2(C)[C@H](C1)c1cc(C#N)c(N)c(C#N)c1[C@@H]1[C@@H]2CC[C@]2(C)[C@@H]([C@H](C)CCCC(C)C)CC[C@@H]12. The Morgan fingerprint density at radius 2 is 1.75 bits per heavy atom. The van der Waals surface area contributed by atoms with Gasteiger partial charge < -0.3 is 10.5 Å². The second kappa shape index (κ2) is 10.7. The summed E-state index contributed by atoms with van der Waals surface area (Å²) >= 11 is 0. The van der Waals surface area contributed by atoms with Crippen molar-refractivity contribution in [3.8, 4) is 12.1 Å². The molecule has 0 radical (unpaired) electrons. The summed E-state index contributed by atoms with van der Waals surface area (Å²) in [5, 5.41) is 20.5. The smallest absolute Gasteiger partial charge is 0.302 e. The van der Waals surface area contributed by atoms with E-state index in [4.69, 9.17) is 10.5 Å². The Hall–Kier alpha value is -2.53. The molecule has 3 fully saturated rings. The molecule has 9 atom stereocenters. The molecule has 0 spiro atoms. The van der Waals surface area contributed by atoms with Gasteiger partial charge in [-0.1, -0.05) is 53.9 Å². The largest absolute Gasteiger partial charge is 0.463 e. The van der Waals surface area contributed by atoms with E-state index >= 15 is 0 Å². The maximum absolute atomic E-state index is 11.9. The van der Waals surface area contributed by atoms with Crippen molar-refractivity contribution in [3.63, 3.8) is 0 Å². The van der Waals surface area contributed by atoms with Gasteiger partial charge in [-0.25, -0.2) is 0 Å². The Bertz CT molecular complexity index is 1240. The third kappa shape index (κ3) is 4.53. The molecule has 0 unspecified atom stereocenters. The van der Waals surface area contributed by atoms with Gasteiger partial charge in [0.2, 0.25) is 0 Å². The molecular weight excluding hydrogens is 494 g/mol. The minimum atomic E-state index is -0.233. The van der Waals surface area contributed by atoms with Crippen LogP contribution in [0.2, 0.25) is 0 Å². The number of hydrogen-bond donors (Lipinski definition) is 1. The first kappa shape index (κ1) is 29.0. The summed E-state index contributed by atoms with van der Waals surface area (Å²) in [7, 11) is 0. The van der Waals surface area contributed by atoms with Crippen LogP contribution in [0.15, 0.2) is 6.07 Å². The number of rotatable bonds is 6. The van der Waals surface area contributed by atoms with E-state index < -0.39 is 0 Å². The molecule has 216 valence electrons. The Kier molecular flexibility index (Phi) is 7.76. The van der Waals surface area contributed by atoms with Crippen LogP contribution in [0.5, 0.6) is 0 Å². The van der Waals surface area contributed by atoms with Crippen molar-refractivity contribution in [1.29, 1.82) is 10.5 Å². The third-order valence-corrected chi connectivity index (χ3v) is 12.3. The number of nitrogen functional groups attached to an aromatic ring is 1. The minimum absolute atomic E-state index is 0.0478. The summed E-state index contributed by atoms with van der Waals surface area (Å²) in [5.41, 5.74) is 10.4. The zero-order valence-electron chi connectivity index (χ0n) is 25.6. The highest BCUT2D eigenvalue weighted by atomic mass is 16.5. The van der Waals surface area contributed by atoms with E-state index in [-0.39, 0.29) is 34.7 Å². The molecule has 0 saturated heterocycles. The number of nitrogens with zero attached hydrogens (tertiary/aromatic N) is 2. The van der Waals surface area contributed by atoms with Crippen molar-refractivity contribution in [2.75, 3.05) is 5.73 Å². The second-order valence-corrected chi connectivity index (χ2v) is 14.8. The van der Waals surface area contributed by atoms with E-state index in [2.05, 4.69) is 46.8 Å². The first-order valence-corrected chi connectivity index (χ1v) is 15.9. The van der Waals surface area contributed by atoms with E-state index in [0.717, 1.165) is 36.3 Å². The summed E-state index contributed by atoms with van der Waals surface area (Å²) in [5.74, 6) is 3.37. The maximum atomic E-state index is 11.9. The van der Waals surface area contributed by atoms with Gasteiger partial charge in [-0.15, -0.1) is 0 Å². The number of esters is 1. The van der Waals surface area contributed by atoms with Gasteiger partial charge in [0.1, 0.15) is 18.2 Å². The van der Waals surface area contributed by atoms with Crippen LogP contribution in [-0.2, 0) is 9.53 Å². The standard InChI is InChI=1S/C35H49N3O2/c1-20(2)8-7-9-21(3)27-10-11-28-32-29(13-15-34(27,28)5)35(6)14-12-24(40-22(4)39)17-30(35)25-16-23(18-36)33(38)26(19-37)31(25)32/h16,20-21,24,27-30,32H,7-15,17,38H2,1-6H3/t21-,24+,27-,28+,29+,30-,32+,34-,35-/m1/s1. The average molecular weight is 544 g/mol. The van der Waals surface area contributed by atoms with Crippen molar-refractivity contribution in [1.82, 2.24) is 0 Å². The molecule has 0 bridgehead atoms. The van der Waals surface area contributed by atoms with Gasteiger partial charge in [-0.3, -0.25) is 4.79 Å². The van der Waals surface area contributed by atoms with E-state index in [1.807, 2.05) is 6.07 Å². The van der Waals surface area contributed by atoms with Gasteiger partial charge in [0.15, 0.2) is 0 Å². The van der Waals surface area contributed by atoms with Crippen LogP contribution in [0.4, 0.5) is 5.69 Å². The summed E-state index contributed by atoms with van der Waals surface area (Å²) in [6.45, 7) is 13.6. The minimum Gasteiger partial charge on any atom is -0.463 e. The molecule has 1 aromatic carbocycles. The van der Waals surface area contributed by atoms with Gasteiger partial charge in [-0.2, -0.15) is 10.5 Å². The maximum Gasteiger partial charge on any atom is 0.302 e. The fourth-order valence-electron chi connectivity index (χ4n) is 10.5. The molecule has 5 rings (SSSR count). The number of fused-ring (bicyclic) bond motifs is 8. The Labute approximate surface area is 241 Å². The third-order valence-electron chi connectivity index (χ3n) is 12.3. The molecule has 4 aliphatic rings. The van der Waals surface area contributed by atoms with Crippen molar-refractivity contribution >= 4 is 11.7 Å². The molecule has 2 N–H and O–H groups in total. The van der Waals surface area contributed by atoms with Gasteiger partial charge in [0.05, 0.1) is 16.8 Å². The monoisotopic (exact) mass is 543 g/mol. The van der Waals surface area contributed by atoms with Gasteiger partial charge in [-0.05, 0) is 114 Å². The van der Waals surface area contributed by atoms with E-state index in [1.54, 1.807) is 0 Å². The first-order chi connectivity index (χ1) is 19.0. The van der Waals surface area contributed by atoms with Gasteiger partial charge in [0.25, 0.3) is 0 Å².